The number of hydrogen-bond acceptors (Lipinski definition) is 6. The van der Waals surface area contributed by atoms with E-state index in [0.29, 0.717) is 18.1 Å². The van der Waals surface area contributed by atoms with Crippen LogP contribution in [0.5, 0.6) is 0 Å². The quantitative estimate of drug-likeness (QED) is 0.816. The second kappa shape index (κ2) is 5.53. The first-order chi connectivity index (χ1) is 8.60. The Balaban J connectivity index is 1.94. The largest absolute Gasteiger partial charge is 0.465 e. The zero-order chi connectivity index (χ0) is 13.1. The average Bonchev–Trinajstić information content (AvgIpc) is 2.92. The predicted molar refractivity (Wildman–Crippen MR) is 68.1 cm³/mol. The summed E-state index contributed by atoms with van der Waals surface area (Å²) in [6.45, 7) is 0.566. The summed E-state index contributed by atoms with van der Waals surface area (Å²) in [5, 5.41) is 6.55. The van der Waals surface area contributed by atoms with Crippen LogP contribution in [0.1, 0.15) is 22.5 Å². The maximum Gasteiger partial charge on any atom is 0.351 e. The highest BCUT2D eigenvalue weighted by Crippen LogP contribution is 2.27. The molecule has 0 aromatic carbocycles. The summed E-state index contributed by atoms with van der Waals surface area (Å²) in [5.74, 6) is -0.436. The predicted octanol–water partition coefficient (Wildman–Crippen LogP) is 1.27. The fraction of sp³-hybridized carbons (Fsp3) is 0.500. The highest BCUT2D eigenvalue weighted by Gasteiger charge is 2.22. The molecule has 1 fully saturated rings. The van der Waals surface area contributed by atoms with Crippen LogP contribution in [-0.2, 0) is 9.53 Å². The number of esters is 1. The molecule has 6 nitrogen and oxygen atoms in total. The van der Waals surface area contributed by atoms with Crippen molar-refractivity contribution in [3.8, 4) is 0 Å². The van der Waals surface area contributed by atoms with Gasteiger partial charge in [0.1, 0.15) is 0 Å². The molecule has 1 saturated heterocycles. The number of anilines is 1. The lowest BCUT2D eigenvalue weighted by Crippen LogP contribution is -2.31. The number of carbonyl (C=O) groups is 2. The lowest BCUT2D eigenvalue weighted by molar-refractivity contribution is -0.119. The lowest BCUT2D eigenvalue weighted by Gasteiger charge is -2.09. The Kier molecular flexibility index (Phi) is 4.03. The third-order valence-electron chi connectivity index (χ3n) is 2.54. The number of rotatable bonds is 4. The first-order valence-electron chi connectivity index (χ1n) is 5.38. The van der Waals surface area contributed by atoms with Crippen molar-refractivity contribution >= 4 is 39.9 Å². The van der Waals surface area contributed by atoms with Crippen molar-refractivity contribution in [2.45, 2.75) is 18.9 Å². The van der Waals surface area contributed by atoms with Crippen LogP contribution in [0.4, 0.5) is 5.13 Å². The molecule has 0 aliphatic carbocycles. The van der Waals surface area contributed by atoms with Crippen LogP contribution in [0.3, 0.4) is 0 Å². The van der Waals surface area contributed by atoms with Crippen LogP contribution in [0.15, 0.2) is 0 Å². The molecule has 2 heterocycles. The number of aromatic nitrogens is 1. The Labute approximate surface area is 113 Å². The molecular weight excluding hydrogens is 278 g/mol. The maximum atomic E-state index is 11.3. The number of amides is 1. The van der Waals surface area contributed by atoms with E-state index in [2.05, 4.69) is 20.4 Å². The van der Waals surface area contributed by atoms with Gasteiger partial charge >= 0.3 is 5.97 Å². The topological polar surface area (TPSA) is 80.3 Å². The molecule has 1 aromatic heterocycles. The molecule has 2 N–H and O–H groups in total. The Bertz CT molecular complexity index is 477. The normalized spacial score (nSPS) is 18.6. The minimum Gasteiger partial charge on any atom is -0.465 e. The van der Waals surface area contributed by atoms with E-state index in [0.717, 1.165) is 17.8 Å². The molecule has 0 bridgehead atoms. The van der Waals surface area contributed by atoms with Crippen molar-refractivity contribution in [1.82, 2.24) is 10.3 Å². The number of nitrogens with zero attached hydrogens (tertiary/aromatic N) is 1. The fourth-order valence-corrected chi connectivity index (χ4v) is 2.75. The molecule has 2 rings (SSSR count). The van der Waals surface area contributed by atoms with Crippen molar-refractivity contribution in [3.63, 3.8) is 0 Å². The number of methoxy groups -OCH3 is 1. The molecular formula is C10H12ClN3O3S. The van der Waals surface area contributed by atoms with Gasteiger partial charge in [-0.3, -0.25) is 4.79 Å². The third-order valence-corrected chi connectivity index (χ3v) is 3.92. The van der Waals surface area contributed by atoms with E-state index in [1.165, 1.54) is 7.11 Å². The standard InChI is InChI=1S/C10H12ClN3O3S/c1-17-9(16)7-8(11)14-10(18-7)12-4-5-2-3-6(15)13-5/h5H,2-4H2,1H3,(H,12,14)(H,13,15). The highest BCUT2D eigenvalue weighted by molar-refractivity contribution is 7.18. The summed E-state index contributed by atoms with van der Waals surface area (Å²) in [4.78, 5) is 26.6. The van der Waals surface area contributed by atoms with Crippen LogP contribution in [-0.4, -0.2) is 36.6 Å². The van der Waals surface area contributed by atoms with Gasteiger partial charge in [0, 0.05) is 19.0 Å². The molecule has 98 valence electrons. The van der Waals surface area contributed by atoms with E-state index in [1.807, 2.05) is 0 Å². The third kappa shape index (κ3) is 2.91. The summed E-state index contributed by atoms with van der Waals surface area (Å²) in [7, 11) is 1.29. The van der Waals surface area contributed by atoms with Crippen molar-refractivity contribution in [3.05, 3.63) is 10.0 Å². The Morgan fingerprint density at radius 1 is 1.72 bits per heavy atom. The Morgan fingerprint density at radius 2 is 2.50 bits per heavy atom. The molecule has 0 saturated carbocycles. The van der Waals surface area contributed by atoms with Gasteiger partial charge < -0.3 is 15.4 Å². The summed E-state index contributed by atoms with van der Waals surface area (Å²) in [6.07, 6.45) is 1.35. The molecule has 8 heteroatoms. The molecule has 1 unspecified atom stereocenters. The molecule has 1 atom stereocenters. The van der Waals surface area contributed by atoms with Crippen molar-refractivity contribution in [2.75, 3.05) is 19.0 Å². The van der Waals surface area contributed by atoms with Gasteiger partial charge in [-0.15, -0.1) is 0 Å². The van der Waals surface area contributed by atoms with Gasteiger partial charge in [-0.05, 0) is 6.42 Å². The van der Waals surface area contributed by atoms with Crippen LogP contribution in [0.2, 0.25) is 5.15 Å². The molecule has 1 aliphatic rings. The smallest absolute Gasteiger partial charge is 0.351 e. The van der Waals surface area contributed by atoms with E-state index in [-0.39, 0.29) is 22.0 Å². The minimum atomic E-state index is -0.500. The zero-order valence-electron chi connectivity index (χ0n) is 9.66. The van der Waals surface area contributed by atoms with E-state index in [9.17, 15) is 9.59 Å². The number of nitrogens with one attached hydrogen (secondary N) is 2. The van der Waals surface area contributed by atoms with Gasteiger partial charge in [0.05, 0.1) is 7.11 Å². The monoisotopic (exact) mass is 289 g/mol. The van der Waals surface area contributed by atoms with Gasteiger partial charge in [-0.25, -0.2) is 9.78 Å². The molecule has 0 spiro atoms. The van der Waals surface area contributed by atoms with Gasteiger partial charge in [-0.2, -0.15) is 0 Å². The summed E-state index contributed by atoms with van der Waals surface area (Å²) in [6, 6.07) is 0.0988. The van der Waals surface area contributed by atoms with Gasteiger partial charge in [0.25, 0.3) is 0 Å². The van der Waals surface area contributed by atoms with Gasteiger partial charge in [-0.1, -0.05) is 22.9 Å². The first kappa shape index (κ1) is 13.1. The minimum absolute atomic E-state index is 0.0641. The number of carbonyl (C=O) groups excluding carboxylic acids is 2. The number of thiazole rings is 1. The van der Waals surface area contributed by atoms with Gasteiger partial charge in [0.2, 0.25) is 5.91 Å². The van der Waals surface area contributed by atoms with Crippen LogP contribution >= 0.6 is 22.9 Å². The van der Waals surface area contributed by atoms with E-state index < -0.39 is 5.97 Å². The maximum absolute atomic E-state index is 11.3. The average molecular weight is 290 g/mol. The van der Waals surface area contributed by atoms with E-state index in [4.69, 9.17) is 11.6 Å². The van der Waals surface area contributed by atoms with Crippen LogP contribution < -0.4 is 10.6 Å². The number of ether oxygens (including phenoxy) is 1. The van der Waals surface area contributed by atoms with Crippen molar-refractivity contribution in [2.24, 2.45) is 0 Å². The van der Waals surface area contributed by atoms with Crippen molar-refractivity contribution < 1.29 is 14.3 Å². The van der Waals surface area contributed by atoms with E-state index in [1.54, 1.807) is 0 Å². The molecule has 0 radical (unpaired) electrons. The highest BCUT2D eigenvalue weighted by atomic mass is 35.5. The van der Waals surface area contributed by atoms with E-state index >= 15 is 0 Å². The van der Waals surface area contributed by atoms with Gasteiger partial charge in [0.15, 0.2) is 15.2 Å². The Morgan fingerprint density at radius 3 is 3.11 bits per heavy atom. The molecule has 1 aliphatic heterocycles. The zero-order valence-corrected chi connectivity index (χ0v) is 11.2. The fourth-order valence-electron chi connectivity index (χ4n) is 1.64. The molecule has 18 heavy (non-hydrogen) atoms. The van der Waals surface area contributed by atoms with Crippen molar-refractivity contribution in [1.29, 1.82) is 0 Å². The molecule has 1 aromatic rings. The number of hydrogen-bond donors (Lipinski definition) is 2. The SMILES string of the molecule is COC(=O)c1sc(NCC2CCC(=O)N2)nc1Cl. The number of halogens is 1. The summed E-state index contributed by atoms with van der Waals surface area (Å²) in [5.41, 5.74) is 0. The second-order valence-electron chi connectivity index (χ2n) is 3.81. The summed E-state index contributed by atoms with van der Waals surface area (Å²) >= 11 is 6.96. The summed E-state index contributed by atoms with van der Waals surface area (Å²) < 4.78 is 4.58. The van der Waals surface area contributed by atoms with Crippen LogP contribution in [0.25, 0.3) is 0 Å². The first-order valence-corrected chi connectivity index (χ1v) is 6.57. The molecule has 1 amide bonds. The second-order valence-corrected chi connectivity index (χ2v) is 5.17. The Hall–Kier alpha value is -1.34. The lowest BCUT2D eigenvalue weighted by atomic mass is 10.2. The van der Waals surface area contributed by atoms with Crippen LogP contribution in [0, 0.1) is 0 Å².